The van der Waals surface area contributed by atoms with Gasteiger partial charge >= 0.3 is 0 Å². The molecule has 8 heteroatoms. The maximum absolute atomic E-state index is 6.12. The van der Waals surface area contributed by atoms with Gasteiger partial charge in [-0.2, -0.15) is 0 Å². The molecule has 0 amide bonds. The first kappa shape index (κ1) is 22.8. The van der Waals surface area contributed by atoms with E-state index in [9.17, 15) is 0 Å². The van der Waals surface area contributed by atoms with Crippen molar-refractivity contribution in [3.05, 3.63) is 44.3 Å². The topological polar surface area (TPSA) is 19.4 Å². The third kappa shape index (κ3) is 6.16. The Morgan fingerprint density at radius 1 is 1.08 bits per heavy atom. The number of halogens is 4. The number of aromatic nitrogens is 1. The molecule has 25 heavy (non-hydrogen) atoms. The molecule has 0 radical (unpaired) electrons. The first-order chi connectivity index (χ1) is 11.2. The molecule has 1 aliphatic heterocycles. The number of hydrogen-bond donors (Lipinski definition) is 0. The minimum absolute atomic E-state index is 0. The van der Waals surface area contributed by atoms with Crippen LogP contribution in [0.5, 0.6) is 0 Å². The zero-order chi connectivity index (χ0) is 16.2. The Labute approximate surface area is 176 Å². The molecular weight excluding hydrogens is 420 g/mol. The van der Waals surface area contributed by atoms with Crippen LogP contribution in [0.25, 0.3) is 0 Å². The van der Waals surface area contributed by atoms with Gasteiger partial charge in [-0.3, -0.25) is 4.90 Å². The molecule has 0 saturated carbocycles. The Morgan fingerprint density at radius 3 is 2.44 bits per heavy atom. The molecule has 0 aliphatic carbocycles. The summed E-state index contributed by atoms with van der Waals surface area (Å²) in [6, 6.07) is 5.87. The first-order valence-electron chi connectivity index (χ1n) is 8.01. The highest BCUT2D eigenvalue weighted by Gasteiger charge is 2.18. The van der Waals surface area contributed by atoms with E-state index in [4.69, 9.17) is 28.2 Å². The van der Waals surface area contributed by atoms with Crippen molar-refractivity contribution < 1.29 is 0 Å². The fourth-order valence-corrected chi connectivity index (χ4v) is 4.01. The van der Waals surface area contributed by atoms with Crippen molar-refractivity contribution in [2.75, 3.05) is 31.1 Å². The second kappa shape index (κ2) is 10.8. The van der Waals surface area contributed by atoms with Gasteiger partial charge in [-0.15, -0.1) is 36.2 Å². The SMILES string of the molecule is CCCc1nc(CN2CCN(c3ccc(Cl)c(Cl)c3)CC2)cs1.Cl.Cl. The molecule has 0 N–H and O–H groups in total. The van der Waals surface area contributed by atoms with Crippen LogP contribution in [0.2, 0.25) is 10.0 Å². The maximum Gasteiger partial charge on any atom is 0.0928 e. The predicted octanol–water partition coefficient (Wildman–Crippen LogP) is 5.57. The van der Waals surface area contributed by atoms with Gasteiger partial charge in [0, 0.05) is 43.8 Å². The highest BCUT2D eigenvalue weighted by Crippen LogP contribution is 2.28. The molecule has 1 aromatic heterocycles. The van der Waals surface area contributed by atoms with Gasteiger partial charge in [-0.05, 0) is 31.0 Å². The van der Waals surface area contributed by atoms with Crippen molar-refractivity contribution in [2.24, 2.45) is 0 Å². The summed E-state index contributed by atoms with van der Waals surface area (Å²) < 4.78 is 0. The minimum Gasteiger partial charge on any atom is -0.369 e. The molecule has 0 spiro atoms. The molecule has 2 aromatic rings. The number of anilines is 1. The highest BCUT2D eigenvalue weighted by molar-refractivity contribution is 7.09. The molecule has 0 unspecified atom stereocenters. The van der Waals surface area contributed by atoms with Crippen LogP contribution in [0.1, 0.15) is 24.0 Å². The zero-order valence-corrected chi connectivity index (χ0v) is 18.0. The molecule has 3 nitrogen and oxygen atoms in total. The van der Waals surface area contributed by atoms with Crippen LogP contribution in [0.15, 0.2) is 23.6 Å². The van der Waals surface area contributed by atoms with Crippen molar-refractivity contribution in [1.29, 1.82) is 0 Å². The lowest BCUT2D eigenvalue weighted by molar-refractivity contribution is 0.247. The molecule has 1 aromatic carbocycles. The molecule has 2 heterocycles. The number of rotatable bonds is 5. The van der Waals surface area contributed by atoms with Crippen molar-refractivity contribution in [2.45, 2.75) is 26.3 Å². The van der Waals surface area contributed by atoms with E-state index in [1.54, 1.807) is 11.3 Å². The van der Waals surface area contributed by atoms with Gasteiger partial charge in [0.2, 0.25) is 0 Å². The Balaban J connectivity index is 0.00000156. The van der Waals surface area contributed by atoms with Gasteiger partial charge in [0.15, 0.2) is 0 Å². The van der Waals surface area contributed by atoms with Crippen LogP contribution in [0.3, 0.4) is 0 Å². The van der Waals surface area contributed by atoms with E-state index >= 15 is 0 Å². The number of hydrogen-bond acceptors (Lipinski definition) is 4. The first-order valence-corrected chi connectivity index (χ1v) is 9.65. The second-order valence-corrected chi connectivity index (χ2v) is 7.60. The third-order valence-corrected chi connectivity index (χ3v) is 5.79. The van der Waals surface area contributed by atoms with E-state index in [2.05, 4.69) is 22.1 Å². The Hall–Kier alpha value is -0.230. The molecular formula is C17H23Cl4N3S. The van der Waals surface area contributed by atoms with Crippen LogP contribution in [0, 0.1) is 0 Å². The van der Waals surface area contributed by atoms with E-state index in [-0.39, 0.29) is 24.8 Å². The summed E-state index contributed by atoms with van der Waals surface area (Å²) in [5, 5.41) is 4.70. The summed E-state index contributed by atoms with van der Waals surface area (Å²) in [5.74, 6) is 0. The smallest absolute Gasteiger partial charge is 0.0928 e. The largest absolute Gasteiger partial charge is 0.369 e. The fourth-order valence-electron chi connectivity index (χ4n) is 2.83. The Bertz CT molecular complexity index is 657. The molecule has 3 rings (SSSR count). The highest BCUT2D eigenvalue weighted by atomic mass is 35.5. The lowest BCUT2D eigenvalue weighted by atomic mass is 10.2. The molecule has 1 fully saturated rings. The van der Waals surface area contributed by atoms with Crippen LogP contribution in [0.4, 0.5) is 5.69 Å². The van der Waals surface area contributed by atoms with E-state index in [1.165, 1.54) is 10.7 Å². The number of nitrogens with zero attached hydrogens (tertiary/aromatic N) is 3. The van der Waals surface area contributed by atoms with Crippen LogP contribution < -0.4 is 4.90 Å². The summed E-state index contributed by atoms with van der Waals surface area (Å²) in [7, 11) is 0. The number of aryl methyl sites for hydroxylation is 1. The van der Waals surface area contributed by atoms with E-state index in [0.29, 0.717) is 10.0 Å². The Kier molecular flexibility index (Phi) is 9.86. The number of benzene rings is 1. The zero-order valence-electron chi connectivity index (χ0n) is 14.1. The summed E-state index contributed by atoms with van der Waals surface area (Å²) in [5.41, 5.74) is 2.36. The van der Waals surface area contributed by atoms with Crippen molar-refractivity contribution in [3.8, 4) is 0 Å². The van der Waals surface area contributed by atoms with Crippen LogP contribution in [-0.2, 0) is 13.0 Å². The maximum atomic E-state index is 6.12. The predicted molar refractivity (Wildman–Crippen MR) is 115 cm³/mol. The monoisotopic (exact) mass is 441 g/mol. The third-order valence-electron chi connectivity index (χ3n) is 4.09. The van der Waals surface area contributed by atoms with Gasteiger partial charge in [-0.25, -0.2) is 4.98 Å². The average Bonchev–Trinajstić information content (AvgIpc) is 2.98. The van der Waals surface area contributed by atoms with E-state index < -0.39 is 0 Å². The van der Waals surface area contributed by atoms with Crippen LogP contribution >= 0.6 is 59.4 Å². The van der Waals surface area contributed by atoms with Crippen LogP contribution in [-0.4, -0.2) is 36.1 Å². The van der Waals surface area contributed by atoms with Crippen molar-refractivity contribution in [1.82, 2.24) is 9.88 Å². The number of piperazine rings is 1. The summed E-state index contributed by atoms with van der Waals surface area (Å²) >= 11 is 13.9. The molecule has 1 aliphatic rings. The van der Waals surface area contributed by atoms with E-state index in [1.807, 2.05) is 18.2 Å². The average molecular weight is 443 g/mol. The molecule has 0 bridgehead atoms. The quantitative estimate of drug-likeness (QED) is 0.603. The molecule has 140 valence electrons. The minimum atomic E-state index is 0. The molecule has 0 atom stereocenters. The number of thiazole rings is 1. The molecule has 1 saturated heterocycles. The van der Waals surface area contributed by atoms with E-state index in [0.717, 1.165) is 51.3 Å². The second-order valence-electron chi connectivity index (χ2n) is 5.84. The van der Waals surface area contributed by atoms with Crippen molar-refractivity contribution >= 4 is 65.0 Å². The normalized spacial score (nSPS) is 14.8. The summed E-state index contributed by atoms with van der Waals surface area (Å²) in [6.07, 6.45) is 2.26. The lowest BCUT2D eigenvalue weighted by Crippen LogP contribution is -2.46. The fraction of sp³-hybridized carbons (Fsp3) is 0.471. The lowest BCUT2D eigenvalue weighted by Gasteiger charge is -2.35. The Morgan fingerprint density at radius 2 is 1.80 bits per heavy atom. The van der Waals surface area contributed by atoms with Gasteiger partial charge < -0.3 is 4.90 Å². The van der Waals surface area contributed by atoms with Crippen molar-refractivity contribution in [3.63, 3.8) is 0 Å². The summed E-state index contributed by atoms with van der Waals surface area (Å²) in [6.45, 7) is 7.24. The van der Waals surface area contributed by atoms with Gasteiger partial charge in [0.1, 0.15) is 0 Å². The van der Waals surface area contributed by atoms with Gasteiger partial charge in [0.05, 0.1) is 20.7 Å². The standard InChI is InChI=1S/C17H21Cl2N3S.2ClH/c1-2-3-17-20-13(12-23-17)11-21-6-8-22(9-7-21)14-4-5-15(18)16(19)10-14;;/h4-5,10,12H,2-3,6-9,11H2,1H3;2*1H. The van der Waals surface area contributed by atoms with Gasteiger partial charge in [-0.1, -0.05) is 30.1 Å². The summed E-state index contributed by atoms with van der Waals surface area (Å²) in [4.78, 5) is 9.56. The van der Waals surface area contributed by atoms with Gasteiger partial charge in [0.25, 0.3) is 0 Å².